The minimum atomic E-state index is -0.668. The fourth-order valence-corrected chi connectivity index (χ4v) is 3.32. The number of hydrogen-bond donors (Lipinski definition) is 0. The Labute approximate surface area is 130 Å². The molecular weight excluding hydrogens is 318 g/mol. The lowest BCUT2D eigenvalue weighted by Crippen LogP contribution is -2.55. The van der Waals surface area contributed by atoms with E-state index in [2.05, 4.69) is 19.9 Å². The van der Waals surface area contributed by atoms with Gasteiger partial charge in [0.15, 0.2) is 11.0 Å². The Morgan fingerprint density at radius 3 is 2.81 bits per heavy atom. The number of pyridine rings is 1. The van der Waals surface area contributed by atoms with Gasteiger partial charge in [-0.3, -0.25) is 0 Å². The molecule has 0 amide bonds. The molecule has 3 saturated heterocycles. The first-order valence-electron chi connectivity index (χ1n) is 6.69. The van der Waals surface area contributed by atoms with Crippen LogP contribution >= 0.6 is 23.2 Å². The summed E-state index contributed by atoms with van der Waals surface area (Å²) in [6, 6.07) is 0.225. The topological polar surface area (TPSA) is 51.1 Å². The zero-order valence-corrected chi connectivity index (χ0v) is 12.4. The van der Waals surface area contributed by atoms with Crippen LogP contribution in [-0.4, -0.2) is 40.2 Å². The summed E-state index contributed by atoms with van der Waals surface area (Å²) in [5, 5.41) is 0.307. The lowest BCUT2D eigenvalue weighted by atomic mass is 9.97. The van der Waals surface area contributed by atoms with Crippen LogP contribution in [0.3, 0.4) is 0 Å². The van der Waals surface area contributed by atoms with Gasteiger partial charge in [0.05, 0.1) is 24.1 Å². The number of hydrogen-bond acceptors (Lipinski definition) is 5. The van der Waals surface area contributed by atoms with E-state index < -0.39 is 5.82 Å². The Bertz CT molecular complexity index is 721. The minimum Gasteiger partial charge on any atom is -0.374 e. The van der Waals surface area contributed by atoms with Gasteiger partial charge < -0.3 is 9.64 Å². The number of ether oxygens (including phenoxy) is 1. The SMILES string of the molecule is Fc1c(Cl)ncc2c(N3C[C@@H]4CCC3CO4)nc(Cl)nc12. The largest absolute Gasteiger partial charge is 0.374 e. The first-order valence-corrected chi connectivity index (χ1v) is 7.44. The fraction of sp³-hybridized carbons (Fsp3) is 0.462. The third kappa shape index (κ3) is 2.13. The fourth-order valence-electron chi connectivity index (χ4n) is 3.02. The Hall–Kier alpha value is -1.24. The molecule has 3 aliphatic rings. The monoisotopic (exact) mass is 328 g/mol. The molecule has 3 fully saturated rings. The molecule has 5 nitrogen and oxygen atoms in total. The van der Waals surface area contributed by atoms with Gasteiger partial charge in [-0.1, -0.05) is 11.6 Å². The summed E-state index contributed by atoms with van der Waals surface area (Å²) >= 11 is 11.7. The van der Waals surface area contributed by atoms with Gasteiger partial charge in [0.2, 0.25) is 5.28 Å². The third-order valence-electron chi connectivity index (χ3n) is 4.05. The van der Waals surface area contributed by atoms with E-state index in [0.29, 0.717) is 17.8 Å². The van der Waals surface area contributed by atoms with Crippen LogP contribution in [0.5, 0.6) is 0 Å². The van der Waals surface area contributed by atoms with E-state index in [0.717, 1.165) is 19.4 Å². The summed E-state index contributed by atoms with van der Waals surface area (Å²) in [6.45, 7) is 1.37. The van der Waals surface area contributed by atoms with Crippen molar-refractivity contribution >= 4 is 39.9 Å². The molecule has 0 aliphatic carbocycles. The molecule has 0 saturated carbocycles. The number of aromatic nitrogens is 3. The van der Waals surface area contributed by atoms with Crippen molar-refractivity contribution in [2.24, 2.45) is 0 Å². The van der Waals surface area contributed by atoms with E-state index in [1.807, 2.05) is 0 Å². The number of piperidine rings is 1. The van der Waals surface area contributed by atoms with E-state index >= 15 is 0 Å². The van der Waals surface area contributed by atoms with Crippen LogP contribution in [-0.2, 0) is 4.74 Å². The Morgan fingerprint density at radius 1 is 1.29 bits per heavy atom. The van der Waals surface area contributed by atoms with Gasteiger partial charge in [0.25, 0.3) is 0 Å². The molecule has 2 aromatic rings. The van der Waals surface area contributed by atoms with Crippen LogP contribution in [0.1, 0.15) is 12.8 Å². The van der Waals surface area contributed by atoms with Gasteiger partial charge in [-0.05, 0) is 24.4 Å². The second kappa shape index (κ2) is 4.90. The van der Waals surface area contributed by atoms with E-state index in [9.17, 15) is 4.39 Å². The molecule has 0 N–H and O–H groups in total. The van der Waals surface area contributed by atoms with E-state index in [1.165, 1.54) is 6.20 Å². The normalized spacial score (nSPS) is 24.8. The number of rotatable bonds is 1. The van der Waals surface area contributed by atoms with Gasteiger partial charge in [-0.25, -0.2) is 14.4 Å². The van der Waals surface area contributed by atoms with Crippen LogP contribution in [0.2, 0.25) is 10.4 Å². The van der Waals surface area contributed by atoms with Gasteiger partial charge in [-0.2, -0.15) is 4.98 Å². The molecule has 5 heterocycles. The zero-order chi connectivity index (χ0) is 14.6. The molecule has 0 radical (unpaired) electrons. The standard InChI is InChI=1S/C13H11Cl2FN4O/c14-11-9(16)10-8(3-17-11)12(19-13(15)18-10)20-4-7-2-1-6(20)5-21-7/h3,6-7H,1-2,4-5H2/t6?,7-/m0/s1. The van der Waals surface area contributed by atoms with Crippen molar-refractivity contribution in [3.05, 3.63) is 22.5 Å². The molecule has 2 aromatic heterocycles. The molecule has 0 spiro atoms. The maximum atomic E-state index is 14.1. The Balaban J connectivity index is 1.90. The van der Waals surface area contributed by atoms with E-state index in [-0.39, 0.29) is 28.1 Å². The molecule has 21 heavy (non-hydrogen) atoms. The number of fused-ring (bicyclic) bond motifs is 4. The molecular formula is C13H11Cl2FN4O. The molecule has 110 valence electrons. The number of anilines is 1. The lowest BCUT2D eigenvalue weighted by Gasteiger charge is -2.45. The zero-order valence-electron chi connectivity index (χ0n) is 10.9. The quantitative estimate of drug-likeness (QED) is 0.595. The highest BCUT2D eigenvalue weighted by Gasteiger charge is 2.36. The van der Waals surface area contributed by atoms with Crippen LogP contribution in [0.4, 0.5) is 10.2 Å². The first kappa shape index (κ1) is 13.4. The van der Waals surface area contributed by atoms with E-state index in [4.69, 9.17) is 27.9 Å². The molecule has 3 aliphatic heterocycles. The molecule has 0 aromatic carbocycles. The van der Waals surface area contributed by atoms with Crippen LogP contribution < -0.4 is 4.90 Å². The summed E-state index contributed by atoms with van der Waals surface area (Å²) in [5.41, 5.74) is 0.104. The average Bonchev–Trinajstić information content (AvgIpc) is 2.52. The molecule has 1 unspecified atom stereocenters. The molecule has 8 heteroatoms. The first-order chi connectivity index (χ1) is 10.1. The molecule has 5 rings (SSSR count). The highest BCUT2D eigenvalue weighted by Crippen LogP contribution is 2.35. The van der Waals surface area contributed by atoms with Crippen molar-refractivity contribution < 1.29 is 9.13 Å². The van der Waals surface area contributed by atoms with Crippen molar-refractivity contribution in [1.29, 1.82) is 0 Å². The second-order valence-corrected chi connectivity index (χ2v) is 5.98. The van der Waals surface area contributed by atoms with Gasteiger partial charge in [-0.15, -0.1) is 0 Å². The van der Waals surface area contributed by atoms with E-state index in [1.54, 1.807) is 0 Å². The van der Waals surface area contributed by atoms with Crippen molar-refractivity contribution in [3.63, 3.8) is 0 Å². The van der Waals surface area contributed by atoms with Crippen molar-refractivity contribution in [2.45, 2.75) is 25.0 Å². The number of morpholine rings is 1. The Kier molecular flexibility index (Phi) is 3.13. The van der Waals surface area contributed by atoms with Gasteiger partial charge in [0.1, 0.15) is 11.3 Å². The number of halogens is 3. The van der Waals surface area contributed by atoms with Gasteiger partial charge >= 0.3 is 0 Å². The molecule has 2 atom stereocenters. The minimum absolute atomic E-state index is 0.000956. The highest BCUT2D eigenvalue weighted by molar-refractivity contribution is 6.30. The average molecular weight is 329 g/mol. The Morgan fingerprint density at radius 2 is 2.14 bits per heavy atom. The molecule has 2 bridgehead atoms. The summed E-state index contributed by atoms with van der Waals surface area (Å²) in [4.78, 5) is 14.2. The van der Waals surface area contributed by atoms with Crippen molar-refractivity contribution in [2.75, 3.05) is 18.1 Å². The highest BCUT2D eigenvalue weighted by atomic mass is 35.5. The van der Waals surface area contributed by atoms with Gasteiger partial charge in [0, 0.05) is 12.7 Å². The lowest BCUT2D eigenvalue weighted by molar-refractivity contribution is -0.0227. The summed E-state index contributed by atoms with van der Waals surface area (Å²) in [7, 11) is 0. The summed E-state index contributed by atoms with van der Waals surface area (Å²) < 4.78 is 19.8. The number of nitrogens with zero attached hydrogens (tertiary/aromatic N) is 4. The maximum absolute atomic E-state index is 14.1. The van der Waals surface area contributed by atoms with Crippen LogP contribution in [0.15, 0.2) is 6.20 Å². The van der Waals surface area contributed by atoms with Crippen LogP contribution in [0.25, 0.3) is 10.9 Å². The third-order valence-corrected chi connectivity index (χ3v) is 4.49. The summed E-state index contributed by atoms with van der Waals surface area (Å²) in [5.74, 6) is -0.0656. The summed E-state index contributed by atoms with van der Waals surface area (Å²) in [6.07, 6.45) is 3.74. The predicted molar refractivity (Wildman–Crippen MR) is 77.4 cm³/mol. The predicted octanol–water partition coefficient (Wildman–Crippen LogP) is 2.84. The second-order valence-electron chi connectivity index (χ2n) is 5.28. The van der Waals surface area contributed by atoms with Crippen molar-refractivity contribution in [3.8, 4) is 0 Å². The van der Waals surface area contributed by atoms with Crippen molar-refractivity contribution in [1.82, 2.24) is 15.0 Å². The van der Waals surface area contributed by atoms with Crippen LogP contribution in [0, 0.1) is 5.82 Å². The smallest absolute Gasteiger partial charge is 0.225 e. The maximum Gasteiger partial charge on any atom is 0.225 e.